The summed E-state index contributed by atoms with van der Waals surface area (Å²) >= 11 is 1.66. The highest BCUT2D eigenvalue weighted by atomic mass is 32.2. The van der Waals surface area contributed by atoms with E-state index in [0.29, 0.717) is 11.3 Å². The summed E-state index contributed by atoms with van der Waals surface area (Å²) in [6.45, 7) is 24.4. The second kappa shape index (κ2) is 21.8. The number of carbonyl (C=O) groups excluding carboxylic acids is 3. The molecule has 3 aromatic carbocycles. The molecule has 1 saturated heterocycles. The van der Waals surface area contributed by atoms with Crippen molar-refractivity contribution in [2.45, 2.75) is 156 Å². The quantitative estimate of drug-likeness (QED) is 0.0321. The van der Waals surface area contributed by atoms with Crippen molar-refractivity contribution in [3.05, 3.63) is 116 Å². The van der Waals surface area contributed by atoms with E-state index in [2.05, 4.69) is 13.8 Å². The van der Waals surface area contributed by atoms with Gasteiger partial charge in [-0.2, -0.15) is 4.31 Å². The van der Waals surface area contributed by atoms with E-state index >= 15 is 0 Å². The van der Waals surface area contributed by atoms with Gasteiger partial charge in [0.25, 0.3) is 5.69 Å². The molecule has 0 N–H and O–H groups in total. The van der Waals surface area contributed by atoms with Gasteiger partial charge in [-0.3, -0.25) is 15.0 Å². The summed E-state index contributed by atoms with van der Waals surface area (Å²) in [6, 6.07) is 18.2. The summed E-state index contributed by atoms with van der Waals surface area (Å²) in [5, 5.41) is 12.0. The Labute approximate surface area is 429 Å². The van der Waals surface area contributed by atoms with E-state index in [-0.39, 0.29) is 60.5 Å². The number of nitrogens with zero attached hydrogens (tertiary/aromatic N) is 3. The van der Waals surface area contributed by atoms with E-state index in [9.17, 15) is 32.9 Å². The number of hydrogen-bond donors (Lipinski definition) is 0. The lowest BCUT2D eigenvalue weighted by Gasteiger charge is -2.35. The molecular weight excluding hydrogens is 959 g/mol. The van der Waals surface area contributed by atoms with Crippen molar-refractivity contribution in [1.82, 2.24) is 9.21 Å². The first kappa shape index (κ1) is 55.7. The summed E-state index contributed by atoms with van der Waals surface area (Å²) in [7, 11) is -4.37. The van der Waals surface area contributed by atoms with E-state index in [1.165, 1.54) is 26.2 Å². The van der Waals surface area contributed by atoms with Crippen molar-refractivity contribution in [3.63, 3.8) is 0 Å². The first-order valence-corrected chi connectivity index (χ1v) is 26.8. The Kier molecular flexibility index (Phi) is 16.9. The van der Waals surface area contributed by atoms with Crippen LogP contribution in [0, 0.1) is 21.4 Å². The Morgan fingerprint density at radius 1 is 0.972 bits per heavy atom. The second-order valence-electron chi connectivity index (χ2n) is 22.1. The predicted octanol–water partition coefficient (Wildman–Crippen LogP) is 11.6. The van der Waals surface area contributed by atoms with Crippen LogP contribution in [0.4, 0.5) is 10.5 Å². The van der Waals surface area contributed by atoms with Crippen molar-refractivity contribution in [1.29, 1.82) is 0 Å². The molecule has 2 atom stereocenters. The number of esters is 2. The third-order valence-electron chi connectivity index (χ3n) is 12.2. The van der Waals surface area contributed by atoms with Gasteiger partial charge in [0.05, 0.1) is 39.7 Å². The molecule has 4 aromatic rings. The average molecular weight is 1030 g/mol. The van der Waals surface area contributed by atoms with Gasteiger partial charge < -0.3 is 23.7 Å². The normalized spacial score (nSPS) is 17.8. The summed E-state index contributed by atoms with van der Waals surface area (Å²) in [5.41, 5.74) is 1.15. The standard InChI is InChI=1S/C55H71N3O12S2/c1-14-66-47(59)26-21-37-30-40(24-25-43(37)58(62)63)72(64,65)56(32-35(2)3)33-45-44(57(55(12,13)68-45)51(61)70-53(7,8)9)29-36-19-22-39(23-20-36)67-34-38-17-15-16-18-41(38)49-48(50(60)69-52(4,5)6)42-31-54(10,11)28-27-46(42)71-49/h15-26,30,35,44-45H,14,27-29,31-34H2,1-13H3/b26-21+/t44-,45+/m0/s1. The van der Waals surface area contributed by atoms with Crippen LogP contribution in [0.5, 0.6) is 5.75 Å². The summed E-state index contributed by atoms with van der Waals surface area (Å²) in [6.07, 6.45) is 3.64. The maximum Gasteiger partial charge on any atom is 0.412 e. The Balaban J connectivity index is 1.29. The number of thiophene rings is 1. The Hall–Kier alpha value is -5.62. The molecule has 0 spiro atoms. The van der Waals surface area contributed by atoms with Crippen molar-refractivity contribution in [3.8, 4) is 16.2 Å². The molecule has 0 radical (unpaired) electrons. The minimum absolute atomic E-state index is 0.0523. The minimum Gasteiger partial charge on any atom is -0.489 e. The Morgan fingerprint density at radius 3 is 2.26 bits per heavy atom. The predicted molar refractivity (Wildman–Crippen MR) is 278 cm³/mol. The molecule has 390 valence electrons. The first-order valence-electron chi connectivity index (χ1n) is 24.5. The molecule has 1 aliphatic carbocycles. The number of carbonyl (C=O) groups is 3. The van der Waals surface area contributed by atoms with Crippen LogP contribution in [0.25, 0.3) is 16.5 Å². The minimum atomic E-state index is -4.37. The number of ether oxygens (including phenoxy) is 5. The lowest BCUT2D eigenvalue weighted by molar-refractivity contribution is -0.385. The number of nitro benzene ring substituents is 1. The van der Waals surface area contributed by atoms with Gasteiger partial charge in [-0.15, -0.1) is 11.3 Å². The van der Waals surface area contributed by atoms with Gasteiger partial charge in [-0.25, -0.2) is 22.8 Å². The molecule has 0 saturated carbocycles. The summed E-state index contributed by atoms with van der Waals surface area (Å²) in [4.78, 5) is 55.0. The van der Waals surface area contributed by atoms with E-state index < -0.39 is 61.8 Å². The van der Waals surface area contributed by atoms with E-state index in [1.54, 1.807) is 52.9 Å². The smallest absolute Gasteiger partial charge is 0.412 e. The van der Waals surface area contributed by atoms with E-state index in [0.717, 1.165) is 64.6 Å². The number of benzene rings is 3. The molecule has 17 heteroatoms. The number of hydrogen-bond acceptors (Lipinski definition) is 13. The van der Waals surface area contributed by atoms with Crippen LogP contribution in [-0.2, 0) is 59.6 Å². The van der Waals surface area contributed by atoms with Crippen LogP contribution in [0.15, 0.2) is 77.7 Å². The number of rotatable bonds is 17. The monoisotopic (exact) mass is 1030 g/mol. The molecule has 15 nitrogen and oxygen atoms in total. The third kappa shape index (κ3) is 13.7. The lowest BCUT2D eigenvalue weighted by atomic mass is 9.76. The molecule has 0 unspecified atom stereocenters. The summed E-state index contributed by atoms with van der Waals surface area (Å²) < 4.78 is 60.6. The molecule has 1 aromatic heterocycles. The van der Waals surface area contributed by atoms with E-state index in [4.69, 9.17) is 23.7 Å². The largest absolute Gasteiger partial charge is 0.489 e. The van der Waals surface area contributed by atoms with E-state index in [1.807, 2.05) is 83.1 Å². The lowest BCUT2D eigenvalue weighted by Crippen LogP contribution is -2.52. The molecule has 6 rings (SSSR count). The fourth-order valence-electron chi connectivity index (χ4n) is 9.13. The molecule has 1 aliphatic heterocycles. The van der Waals surface area contributed by atoms with Gasteiger partial charge in [0, 0.05) is 35.0 Å². The van der Waals surface area contributed by atoms with Gasteiger partial charge in [0.15, 0.2) is 0 Å². The fraction of sp³-hybridized carbons (Fsp3) is 0.509. The maximum atomic E-state index is 14.7. The first-order chi connectivity index (χ1) is 33.5. The Bertz CT molecular complexity index is 2780. The van der Waals surface area contributed by atoms with Gasteiger partial charge >= 0.3 is 18.0 Å². The van der Waals surface area contributed by atoms with Gasteiger partial charge in [-0.1, -0.05) is 64.1 Å². The second-order valence-corrected chi connectivity index (χ2v) is 25.2. The fourth-order valence-corrected chi connectivity index (χ4v) is 12.2. The zero-order valence-electron chi connectivity index (χ0n) is 44.0. The summed E-state index contributed by atoms with van der Waals surface area (Å²) in [5.74, 6) is -0.632. The molecular formula is C55H71N3O12S2. The van der Waals surface area contributed by atoms with Gasteiger partial charge in [0.2, 0.25) is 10.0 Å². The highest BCUT2D eigenvalue weighted by Gasteiger charge is 2.52. The zero-order chi connectivity index (χ0) is 53.1. The van der Waals surface area contributed by atoms with Crippen LogP contribution < -0.4 is 4.74 Å². The number of sulfonamides is 1. The van der Waals surface area contributed by atoms with Crippen molar-refractivity contribution >= 4 is 51.2 Å². The van der Waals surface area contributed by atoms with Gasteiger partial charge in [-0.05, 0) is 152 Å². The van der Waals surface area contributed by atoms with Crippen molar-refractivity contribution in [2.24, 2.45) is 11.3 Å². The average Bonchev–Trinajstić information content (AvgIpc) is 3.75. The number of aryl methyl sites for hydroxylation is 1. The molecule has 1 amide bonds. The molecule has 2 heterocycles. The van der Waals surface area contributed by atoms with Crippen molar-refractivity contribution < 1.29 is 51.4 Å². The van der Waals surface area contributed by atoms with Crippen LogP contribution in [0.3, 0.4) is 0 Å². The van der Waals surface area contributed by atoms with Crippen LogP contribution in [-0.4, -0.2) is 89.3 Å². The molecule has 0 bridgehead atoms. The van der Waals surface area contributed by atoms with Crippen LogP contribution >= 0.6 is 11.3 Å². The Morgan fingerprint density at radius 2 is 1.64 bits per heavy atom. The topological polar surface area (TPSA) is 181 Å². The highest BCUT2D eigenvalue weighted by molar-refractivity contribution is 7.89. The van der Waals surface area contributed by atoms with Gasteiger partial charge in [0.1, 0.15) is 29.3 Å². The highest BCUT2D eigenvalue weighted by Crippen LogP contribution is 2.47. The molecule has 1 fully saturated rings. The molecule has 72 heavy (non-hydrogen) atoms. The third-order valence-corrected chi connectivity index (χ3v) is 15.4. The zero-order valence-corrected chi connectivity index (χ0v) is 45.6. The SMILES string of the molecule is CCOC(=O)/C=C/c1cc(S(=O)(=O)N(CC(C)C)C[C@H]2OC(C)(C)N(C(=O)OC(C)(C)C)[C@H]2Cc2ccc(OCc3ccccc3-c3sc4c(c3C(=O)OC(C)(C)C)CC(C)(C)CC4)cc2)ccc1[N+](=O)[O-]. The van der Waals surface area contributed by atoms with Crippen LogP contribution in [0.1, 0.15) is 134 Å². The maximum absolute atomic E-state index is 14.7. The van der Waals surface area contributed by atoms with Crippen LogP contribution in [0.2, 0.25) is 0 Å². The number of fused-ring (bicyclic) bond motifs is 1. The van der Waals surface area contributed by atoms with Crippen molar-refractivity contribution in [2.75, 3.05) is 19.7 Å². The number of amides is 1. The number of nitro groups is 1. The molecule has 2 aliphatic rings.